The van der Waals surface area contributed by atoms with Crippen LogP contribution in [-0.2, 0) is 4.79 Å². The predicted octanol–water partition coefficient (Wildman–Crippen LogP) is 4.04. The number of hydrogen-bond acceptors (Lipinski definition) is 2. The van der Waals surface area contributed by atoms with Crippen LogP contribution in [0.5, 0.6) is 0 Å². The Bertz CT molecular complexity index is 213. The van der Waals surface area contributed by atoms with Gasteiger partial charge in [-0.05, 0) is 33.9 Å². The molecule has 17 heavy (non-hydrogen) atoms. The van der Waals surface area contributed by atoms with Gasteiger partial charge in [0.05, 0.1) is 5.54 Å². The molecule has 0 aromatic carbocycles. The zero-order chi connectivity index (χ0) is 13.3. The quantitative estimate of drug-likeness (QED) is 0.538. The van der Waals surface area contributed by atoms with E-state index in [4.69, 9.17) is 0 Å². The maximum atomic E-state index is 12.2. The minimum absolute atomic E-state index is 0.260. The molecule has 0 aliphatic heterocycles. The van der Waals surface area contributed by atoms with Crippen molar-refractivity contribution in [3.63, 3.8) is 0 Å². The molecule has 0 heterocycles. The van der Waals surface area contributed by atoms with Crippen molar-refractivity contribution in [3.8, 4) is 0 Å². The second-order valence-electron chi connectivity index (χ2n) is 5.46. The molecule has 0 aliphatic carbocycles. The third-order valence-electron chi connectivity index (χ3n) is 4.03. The predicted molar refractivity (Wildman–Crippen MR) is 75.4 cm³/mol. The summed E-state index contributed by atoms with van der Waals surface area (Å²) in [7, 11) is 4.01. The molecule has 2 heteroatoms. The van der Waals surface area contributed by atoms with Gasteiger partial charge in [-0.15, -0.1) is 0 Å². The number of rotatable bonds is 10. The molecule has 0 bridgehead atoms. The molecule has 0 N–H and O–H groups in total. The van der Waals surface area contributed by atoms with Gasteiger partial charge < -0.3 is 0 Å². The first-order valence-electron chi connectivity index (χ1n) is 7.19. The number of carbonyl (C=O) groups excluding carboxylic acids is 1. The molecule has 0 aromatic heterocycles. The molecule has 0 saturated heterocycles. The van der Waals surface area contributed by atoms with Gasteiger partial charge in [-0.1, -0.05) is 46.0 Å². The van der Waals surface area contributed by atoms with Crippen molar-refractivity contribution in [3.05, 3.63) is 0 Å². The molecule has 0 rings (SSSR count). The molecule has 0 aromatic rings. The summed E-state index contributed by atoms with van der Waals surface area (Å²) in [6.07, 6.45) is 9.13. The second kappa shape index (κ2) is 8.68. The van der Waals surface area contributed by atoms with Crippen LogP contribution in [0.15, 0.2) is 0 Å². The highest BCUT2D eigenvalue weighted by Crippen LogP contribution is 2.20. The SMILES string of the molecule is CCCCCCCCC(=O)C(C)(CC)N(C)C. The molecule has 0 spiro atoms. The largest absolute Gasteiger partial charge is 0.298 e. The molecule has 2 nitrogen and oxygen atoms in total. The number of nitrogens with zero attached hydrogens (tertiary/aromatic N) is 1. The minimum Gasteiger partial charge on any atom is -0.298 e. The van der Waals surface area contributed by atoms with Crippen LogP contribution in [0.1, 0.15) is 72.1 Å². The molecular weight excluding hydrogens is 210 g/mol. The van der Waals surface area contributed by atoms with E-state index in [0.29, 0.717) is 5.78 Å². The summed E-state index contributed by atoms with van der Waals surface area (Å²) in [6, 6.07) is 0. The maximum Gasteiger partial charge on any atom is 0.152 e. The highest BCUT2D eigenvalue weighted by Gasteiger charge is 2.32. The molecule has 102 valence electrons. The number of carbonyl (C=O) groups is 1. The van der Waals surface area contributed by atoms with Crippen LogP contribution in [0, 0.1) is 0 Å². The second-order valence-corrected chi connectivity index (χ2v) is 5.46. The molecule has 0 amide bonds. The van der Waals surface area contributed by atoms with E-state index in [1.807, 2.05) is 14.1 Å². The van der Waals surface area contributed by atoms with Gasteiger partial charge in [0.1, 0.15) is 0 Å². The van der Waals surface area contributed by atoms with Gasteiger partial charge in [-0.3, -0.25) is 9.69 Å². The summed E-state index contributed by atoms with van der Waals surface area (Å²) >= 11 is 0. The number of Topliss-reactive ketones (excluding diaryl/α,β-unsaturated/α-hetero) is 1. The first-order chi connectivity index (χ1) is 7.99. The van der Waals surface area contributed by atoms with Crippen molar-refractivity contribution in [2.45, 2.75) is 77.7 Å². The van der Waals surface area contributed by atoms with Gasteiger partial charge in [0.15, 0.2) is 5.78 Å². The Morgan fingerprint density at radius 3 is 2.00 bits per heavy atom. The van der Waals surface area contributed by atoms with Crippen molar-refractivity contribution in [1.29, 1.82) is 0 Å². The fourth-order valence-electron chi connectivity index (χ4n) is 2.10. The van der Waals surface area contributed by atoms with E-state index >= 15 is 0 Å². The Labute approximate surface area is 108 Å². The van der Waals surface area contributed by atoms with E-state index in [0.717, 1.165) is 19.3 Å². The number of hydrogen-bond donors (Lipinski definition) is 0. The number of likely N-dealkylation sites (N-methyl/N-ethyl adjacent to an activating group) is 1. The Morgan fingerprint density at radius 2 is 1.53 bits per heavy atom. The Hall–Kier alpha value is -0.370. The normalized spacial score (nSPS) is 14.9. The van der Waals surface area contributed by atoms with Crippen LogP contribution in [0.3, 0.4) is 0 Å². The van der Waals surface area contributed by atoms with Crippen LogP contribution in [0.25, 0.3) is 0 Å². The molecule has 1 unspecified atom stereocenters. The fraction of sp³-hybridized carbons (Fsp3) is 0.933. The summed E-state index contributed by atoms with van der Waals surface area (Å²) in [5.41, 5.74) is -0.260. The molecular formula is C15H31NO. The third-order valence-corrected chi connectivity index (χ3v) is 4.03. The van der Waals surface area contributed by atoms with Gasteiger partial charge in [0.25, 0.3) is 0 Å². The van der Waals surface area contributed by atoms with Crippen LogP contribution >= 0.6 is 0 Å². The molecule has 0 saturated carbocycles. The monoisotopic (exact) mass is 241 g/mol. The van der Waals surface area contributed by atoms with E-state index in [9.17, 15) is 4.79 Å². The van der Waals surface area contributed by atoms with E-state index < -0.39 is 0 Å². The first-order valence-corrected chi connectivity index (χ1v) is 7.19. The Morgan fingerprint density at radius 1 is 1.00 bits per heavy atom. The topological polar surface area (TPSA) is 20.3 Å². The van der Waals surface area contributed by atoms with Crippen LogP contribution in [0.2, 0.25) is 0 Å². The standard InChI is InChI=1S/C15H31NO/c1-6-8-9-10-11-12-13-14(17)15(3,7-2)16(4)5/h6-13H2,1-5H3. The number of ketones is 1. The van der Waals surface area contributed by atoms with E-state index in [1.54, 1.807) is 0 Å². The lowest BCUT2D eigenvalue weighted by Gasteiger charge is -2.34. The lowest BCUT2D eigenvalue weighted by atomic mass is 9.88. The van der Waals surface area contributed by atoms with E-state index in [-0.39, 0.29) is 5.54 Å². The third kappa shape index (κ3) is 5.67. The van der Waals surface area contributed by atoms with Gasteiger partial charge >= 0.3 is 0 Å². The summed E-state index contributed by atoms with van der Waals surface area (Å²) in [5.74, 6) is 0.403. The zero-order valence-electron chi connectivity index (χ0n) is 12.5. The summed E-state index contributed by atoms with van der Waals surface area (Å²) < 4.78 is 0. The molecule has 0 radical (unpaired) electrons. The van der Waals surface area contributed by atoms with Gasteiger partial charge in [-0.2, -0.15) is 0 Å². The van der Waals surface area contributed by atoms with Crippen molar-refractivity contribution < 1.29 is 4.79 Å². The lowest BCUT2D eigenvalue weighted by molar-refractivity contribution is -0.129. The average molecular weight is 241 g/mol. The Kier molecular flexibility index (Phi) is 8.49. The first kappa shape index (κ1) is 16.6. The van der Waals surface area contributed by atoms with Crippen LogP contribution in [0.4, 0.5) is 0 Å². The summed E-state index contributed by atoms with van der Waals surface area (Å²) in [5, 5.41) is 0. The van der Waals surface area contributed by atoms with Gasteiger partial charge in [0, 0.05) is 6.42 Å². The average Bonchev–Trinajstić information content (AvgIpc) is 2.31. The molecule has 1 atom stereocenters. The smallest absolute Gasteiger partial charge is 0.152 e. The minimum atomic E-state index is -0.260. The number of unbranched alkanes of at least 4 members (excludes halogenated alkanes) is 5. The van der Waals surface area contributed by atoms with E-state index in [1.165, 1.54) is 32.1 Å². The molecule has 0 aliphatic rings. The van der Waals surface area contributed by atoms with Gasteiger partial charge in [-0.25, -0.2) is 0 Å². The van der Waals surface area contributed by atoms with E-state index in [2.05, 4.69) is 25.7 Å². The lowest BCUT2D eigenvalue weighted by Crippen LogP contribution is -2.47. The Balaban J connectivity index is 3.85. The highest BCUT2D eigenvalue weighted by atomic mass is 16.1. The van der Waals surface area contributed by atoms with Crippen LogP contribution < -0.4 is 0 Å². The van der Waals surface area contributed by atoms with Crippen molar-refractivity contribution in [2.24, 2.45) is 0 Å². The summed E-state index contributed by atoms with van der Waals surface area (Å²) in [4.78, 5) is 14.2. The maximum absolute atomic E-state index is 12.2. The van der Waals surface area contributed by atoms with Crippen molar-refractivity contribution in [1.82, 2.24) is 4.90 Å². The summed E-state index contributed by atoms with van der Waals surface area (Å²) in [6.45, 7) is 6.39. The van der Waals surface area contributed by atoms with Crippen molar-refractivity contribution in [2.75, 3.05) is 14.1 Å². The molecule has 0 fully saturated rings. The zero-order valence-corrected chi connectivity index (χ0v) is 12.5. The van der Waals surface area contributed by atoms with Crippen molar-refractivity contribution >= 4 is 5.78 Å². The highest BCUT2D eigenvalue weighted by molar-refractivity contribution is 5.87. The van der Waals surface area contributed by atoms with Crippen LogP contribution in [-0.4, -0.2) is 30.3 Å². The van der Waals surface area contributed by atoms with Gasteiger partial charge in [0.2, 0.25) is 0 Å². The fourth-order valence-corrected chi connectivity index (χ4v) is 2.10.